The van der Waals surface area contributed by atoms with Gasteiger partial charge in [-0.2, -0.15) is 4.80 Å². The van der Waals surface area contributed by atoms with Crippen molar-refractivity contribution < 1.29 is 4.74 Å². The number of methoxy groups -OCH3 is 1. The van der Waals surface area contributed by atoms with E-state index in [1.165, 1.54) is 0 Å². The minimum Gasteiger partial charge on any atom is -0.497 e. The number of hydrogen-bond acceptors (Lipinski definition) is 5. The predicted molar refractivity (Wildman–Crippen MR) is 110 cm³/mol. The fraction of sp³-hybridized carbons (Fsp3) is 0.0909. The molecule has 5 aromatic rings. The zero-order valence-electron chi connectivity index (χ0n) is 15.8. The Balaban J connectivity index is 1.56. The van der Waals surface area contributed by atoms with Crippen molar-refractivity contribution in [2.75, 3.05) is 7.11 Å². The fourth-order valence-corrected chi connectivity index (χ4v) is 3.34. The maximum Gasteiger partial charge on any atom is 0.204 e. The molecule has 2 aromatic heterocycles. The van der Waals surface area contributed by atoms with Crippen LogP contribution < -0.4 is 4.74 Å². The summed E-state index contributed by atoms with van der Waals surface area (Å²) in [4.78, 5) is 6.39. The number of hydrogen-bond donors (Lipinski definition) is 0. The predicted octanol–water partition coefficient (Wildman–Crippen LogP) is 3.74. The van der Waals surface area contributed by atoms with Gasteiger partial charge in [0.05, 0.1) is 18.1 Å². The molecule has 0 N–H and O–H groups in total. The van der Waals surface area contributed by atoms with Gasteiger partial charge in [0.2, 0.25) is 5.82 Å². The Morgan fingerprint density at radius 1 is 0.862 bits per heavy atom. The normalized spacial score (nSPS) is 11.1. The van der Waals surface area contributed by atoms with Crippen molar-refractivity contribution in [1.82, 2.24) is 29.8 Å². The molecule has 0 bridgehead atoms. The summed E-state index contributed by atoms with van der Waals surface area (Å²) in [5, 5.41) is 12.9. The minimum atomic E-state index is 0.403. The lowest BCUT2D eigenvalue weighted by atomic mass is 10.2. The van der Waals surface area contributed by atoms with Gasteiger partial charge in [0.1, 0.15) is 18.1 Å². The van der Waals surface area contributed by atoms with Crippen LogP contribution in [0, 0.1) is 0 Å². The third-order valence-corrected chi connectivity index (χ3v) is 4.73. The Morgan fingerprint density at radius 3 is 2.41 bits per heavy atom. The van der Waals surface area contributed by atoms with Crippen LogP contribution in [-0.4, -0.2) is 36.9 Å². The standard InChI is InChI=1S/C22H18N6O/c1-29-18-13-11-17(12-14-18)28-20-10-6-5-9-19(20)23-21(28)15-27-25-22(24-26-27)16-7-3-2-4-8-16/h2-14H,15H2,1H3. The van der Waals surface area contributed by atoms with Crippen LogP contribution in [0.1, 0.15) is 5.82 Å². The van der Waals surface area contributed by atoms with Gasteiger partial charge in [-0.1, -0.05) is 42.5 Å². The van der Waals surface area contributed by atoms with Crippen molar-refractivity contribution in [2.45, 2.75) is 6.54 Å². The number of nitrogens with zero attached hydrogens (tertiary/aromatic N) is 6. The van der Waals surface area contributed by atoms with Crippen LogP contribution in [0.2, 0.25) is 0 Å². The molecule has 5 rings (SSSR count). The zero-order chi connectivity index (χ0) is 19.6. The molecule has 0 aliphatic carbocycles. The number of imidazole rings is 1. The van der Waals surface area contributed by atoms with Crippen LogP contribution in [0.5, 0.6) is 5.75 Å². The van der Waals surface area contributed by atoms with Crippen LogP contribution in [0.15, 0.2) is 78.9 Å². The van der Waals surface area contributed by atoms with E-state index in [9.17, 15) is 0 Å². The molecule has 7 nitrogen and oxygen atoms in total. The van der Waals surface area contributed by atoms with E-state index < -0.39 is 0 Å². The topological polar surface area (TPSA) is 70.7 Å². The van der Waals surface area contributed by atoms with Gasteiger partial charge in [0, 0.05) is 11.3 Å². The van der Waals surface area contributed by atoms with Crippen LogP contribution in [0.3, 0.4) is 0 Å². The number of rotatable bonds is 5. The van der Waals surface area contributed by atoms with Gasteiger partial charge in [-0.25, -0.2) is 4.98 Å². The molecular formula is C22H18N6O. The van der Waals surface area contributed by atoms with Crippen LogP contribution in [0.25, 0.3) is 28.1 Å². The van der Waals surface area contributed by atoms with Crippen LogP contribution >= 0.6 is 0 Å². The summed E-state index contributed by atoms with van der Waals surface area (Å²) in [7, 11) is 1.66. The van der Waals surface area contributed by atoms with E-state index in [0.29, 0.717) is 12.4 Å². The van der Waals surface area contributed by atoms with Gasteiger partial charge in [-0.05, 0) is 41.6 Å². The summed E-state index contributed by atoms with van der Waals surface area (Å²) in [6.07, 6.45) is 0. The van der Waals surface area contributed by atoms with Crippen LogP contribution in [0.4, 0.5) is 0 Å². The van der Waals surface area contributed by atoms with Gasteiger partial charge >= 0.3 is 0 Å². The van der Waals surface area contributed by atoms with E-state index in [4.69, 9.17) is 9.72 Å². The third-order valence-electron chi connectivity index (χ3n) is 4.73. The van der Waals surface area contributed by atoms with Gasteiger partial charge in [0.25, 0.3) is 0 Å². The lowest BCUT2D eigenvalue weighted by molar-refractivity contribution is 0.414. The smallest absolute Gasteiger partial charge is 0.204 e. The maximum atomic E-state index is 5.29. The van der Waals surface area contributed by atoms with Gasteiger partial charge in [-0.3, -0.25) is 4.57 Å². The highest BCUT2D eigenvalue weighted by molar-refractivity contribution is 5.78. The first kappa shape index (κ1) is 17.1. The Hall–Kier alpha value is -4.00. The Labute approximate surface area is 167 Å². The number of aromatic nitrogens is 6. The summed E-state index contributed by atoms with van der Waals surface area (Å²) in [5.41, 5.74) is 3.87. The molecule has 0 aliphatic heterocycles. The lowest BCUT2D eigenvalue weighted by Gasteiger charge is -2.09. The summed E-state index contributed by atoms with van der Waals surface area (Å²) in [6.45, 7) is 0.403. The highest BCUT2D eigenvalue weighted by Gasteiger charge is 2.15. The summed E-state index contributed by atoms with van der Waals surface area (Å²) < 4.78 is 7.40. The van der Waals surface area contributed by atoms with Crippen molar-refractivity contribution in [2.24, 2.45) is 0 Å². The van der Waals surface area contributed by atoms with E-state index in [1.807, 2.05) is 72.8 Å². The van der Waals surface area contributed by atoms with Crippen molar-refractivity contribution in [3.63, 3.8) is 0 Å². The van der Waals surface area contributed by atoms with Gasteiger partial charge in [0.15, 0.2) is 0 Å². The molecular weight excluding hydrogens is 364 g/mol. The second-order valence-electron chi connectivity index (χ2n) is 6.56. The molecule has 0 aliphatic rings. The van der Waals surface area contributed by atoms with Gasteiger partial charge < -0.3 is 4.74 Å². The molecule has 29 heavy (non-hydrogen) atoms. The van der Waals surface area contributed by atoms with E-state index in [1.54, 1.807) is 11.9 Å². The quantitative estimate of drug-likeness (QED) is 0.463. The molecule has 0 spiro atoms. The van der Waals surface area contributed by atoms with E-state index in [2.05, 4.69) is 26.0 Å². The first-order valence-electron chi connectivity index (χ1n) is 9.26. The molecule has 2 heterocycles. The average Bonchev–Trinajstić information content (AvgIpc) is 3.39. The Morgan fingerprint density at radius 2 is 1.62 bits per heavy atom. The molecule has 0 saturated carbocycles. The molecule has 0 amide bonds. The molecule has 0 fully saturated rings. The Bertz CT molecular complexity index is 1260. The second-order valence-corrected chi connectivity index (χ2v) is 6.56. The molecule has 0 unspecified atom stereocenters. The first-order valence-corrected chi connectivity index (χ1v) is 9.26. The zero-order valence-corrected chi connectivity index (χ0v) is 15.8. The summed E-state index contributed by atoms with van der Waals surface area (Å²) >= 11 is 0. The third kappa shape index (κ3) is 3.23. The number of fused-ring (bicyclic) bond motifs is 1. The van der Waals surface area contributed by atoms with E-state index in [0.717, 1.165) is 33.9 Å². The van der Waals surface area contributed by atoms with Crippen LogP contribution in [-0.2, 0) is 6.54 Å². The van der Waals surface area contributed by atoms with Crippen molar-refractivity contribution in [3.8, 4) is 22.8 Å². The monoisotopic (exact) mass is 382 g/mol. The minimum absolute atomic E-state index is 0.403. The lowest BCUT2D eigenvalue weighted by Crippen LogP contribution is -2.10. The highest BCUT2D eigenvalue weighted by Crippen LogP contribution is 2.24. The molecule has 0 saturated heterocycles. The number of ether oxygens (including phenoxy) is 1. The highest BCUT2D eigenvalue weighted by atomic mass is 16.5. The molecule has 0 atom stereocenters. The van der Waals surface area contributed by atoms with Crippen molar-refractivity contribution in [1.29, 1.82) is 0 Å². The second kappa shape index (κ2) is 7.20. The average molecular weight is 382 g/mol. The molecule has 3 aromatic carbocycles. The largest absolute Gasteiger partial charge is 0.497 e. The number of tetrazole rings is 1. The van der Waals surface area contributed by atoms with Gasteiger partial charge in [-0.15, -0.1) is 10.2 Å². The molecule has 142 valence electrons. The number of benzene rings is 3. The van der Waals surface area contributed by atoms with E-state index in [-0.39, 0.29) is 0 Å². The SMILES string of the molecule is COc1ccc(-n2c(Cn3nnc(-c4ccccc4)n3)nc3ccccc32)cc1. The summed E-state index contributed by atoms with van der Waals surface area (Å²) in [6, 6.07) is 25.8. The van der Waals surface area contributed by atoms with Crippen molar-refractivity contribution in [3.05, 3.63) is 84.7 Å². The maximum absolute atomic E-state index is 5.29. The fourth-order valence-electron chi connectivity index (χ4n) is 3.34. The Kier molecular flexibility index (Phi) is 4.25. The first-order chi connectivity index (χ1) is 14.3. The van der Waals surface area contributed by atoms with Crippen molar-refractivity contribution >= 4 is 11.0 Å². The molecule has 0 radical (unpaired) electrons. The summed E-state index contributed by atoms with van der Waals surface area (Å²) in [5.74, 6) is 2.23. The number of para-hydroxylation sites is 2. The molecule has 7 heteroatoms. The van der Waals surface area contributed by atoms with E-state index >= 15 is 0 Å².